The Morgan fingerprint density at radius 3 is 2.67 bits per heavy atom. The molecule has 1 aliphatic rings. The van der Waals surface area contributed by atoms with E-state index >= 15 is 0 Å². The van der Waals surface area contributed by atoms with E-state index in [1.807, 2.05) is 11.8 Å². The van der Waals surface area contributed by atoms with Crippen LogP contribution in [0.4, 0.5) is 11.4 Å². The molecule has 1 aliphatic heterocycles. The fourth-order valence-corrected chi connectivity index (χ4v) is 3.94. The van der Waals surface area contributed by atoms with Crippen LogP contribution in [0.15, 0.2) is 23.2 Å². The highest BCUT2D eigenvalue weighted by atomic mass is 32.2. The maximum Gasteiger partial charge on any atom is 0.161 e. The summed E-state index contributed by atoms with van der Waals surface area (Å²) in [6, 6.07) is 6.47. The van der Waals surface area contributed by atoms with Gasteiger partial charge in [0.15, 0.2) is 5.17 Å². The quantitative estimate of drug-likeness (QED) is 0.898. The number of anilines is 2. The van der Waals surface area contributed by atoms with Gasteiger partial charge in [-0.2, -0.15) is 0 Å². The van der Waals surface area contributed by atoms with E-state index < -0.39 is 0 Å². The van der Waals surface area contributed by atoms with Gasteiger partial charge >= 0.3 is 0 Å². The predicted octanol–water partition coefficient (Wildman–Crippen LogP) is 4.38. The summed E-state index contributed by atoms with van der Waals surface area (Å²) in [6.07, 6.45) is 1.20. The molecule has 0 amide bonds. The van der Waals surface area contributed by atoms with Crippen LogP contribution >= 0.6 is 11.8 Å². The van der Waals surface area contributed by atoms with Gasteiger partial charge in [-0.1, -0.05) is 38.6 Å². The molecule has 21 heavy (non-hydrogen) atoms. The van der Waals surface area contributed by atoms with Crippen LogP contribution in [0.5, 0.6) is 0 Å². The second kappa shape index (κ2) is 6.30. The normalized spacial score (nSPS) is 18.6. The molecule has 0 radical (unpaired) electrons. The lowest BCUT2D eigenvalue weighted by Crippen LogP contribution is -2.16. The number of aliphatic imine (C=N–C) groups is 1. The summed E-state index contributed by atoms with van der Waals surface area (Å²) in [5.74, 6) is 0. The molecule has 0 spiro atoms. The molecule has 1 aromatic rings. The average Bonchev–Trinajstić information content (AvgIpc) is 2.76. The first kappa shape index (κ1) is 16.2. The summed E-state index contributed by atoms with van der Waals surface area (Å²) < 4.78 is 0. The highest BCUT2D eigenvalue weighted by Gasteiger charge is 2.25. The van der Waals surface area contributed by atoms with Crippen molar-refractivity contribution in [1.82, 2.24) is 0 Å². The number of rotatable bonds is 3. The molecular weight excluding hydrogens is 278 g/mol. The second-order valence-corrected chi connectivity index (χ2v) is 8.46. The van der Waals surface area contributed by atoms with Crippen LogP contribution in [-0.4, -0.2) is 31.1 Å². The van der Waals surface area contributed by atoms with Crippen LogP contribution in [-0.2, 0) is 0 Å². The first-order valence-electron chi connectivity index (χ1n) is 7.51. The number of thioether (sulfide) groups is 1. The molecular formula is C17H27N3S. The minimum atomic E-state index is 0.366. The summed E-state index contributed by atoms with van der Waals surface area (Å²) in [5.41, 5.74) is 4.02. The minimum Gasteiger partial charge on any atom is -0.377 e. The number of amidine groups is 1. The fourth-order valence-electron chi connectivity index (χ4n) is 2.57. The summed E-state index contributed by atoms with van der Waals surface area (Å²) in [4.78, 5) is 6.79. The third-order valence-corrected chi connectivity index (χ3v) is 4.60. The van der Waals surface area contributed by atoms with Crippen molar-refractivity contribution in [3.63, 3.8) is 0 Å². The predicted molar refractivity (Wildman–Crippen MR) is 96.9 cm³/mol. The Hall–Kier alpha value is -1.16. The van der Waals surface area contributed by atoms with Gasteiger partial charge in [0.05, 0.1) is 6.54 Å². The summed E-state index contributed by atoms with van der Waals surface area (Å²) in [7, 11) is 4.15. The zero-order valence-corrected chi connectivity index (χ0v) is 14.8. The topological polar surface area (TPSA) is 27.6 Å². The average molecular weight is 305 g/mol. The molecule has 116 valence electrons. The van der Waals surface area contributed by atoms with Crippen molar-refractivity contribution >= 4 is 28.3 Å². The molecule has 1 unspecified atom stereocenters. The molecule has 0 saturated heterocycles. The van der Waals surface area contributed by atoms with E-state index in [0.717, 1.165) is 17.4 Å². The molecule has 1 N–H and O–H groups in total. The smallest absolute Gasteiger partial charge is 0.161 e. The number of hydrogen-bond acceptors (Lipinski definition) is 4. The van der Waals surface area contributed by atoms with Gasteiger partial charge in [-0.25, -0.2) is 0 Å². The van der Waals surface area contributed by atoms with Crippen molar-refractivity contribution < 1.29 is 0 Å². The number of aryl methyl sites for hydroxylation is 1. The minimum absolute atomic E-state index is 0.366. The SMILES string of the molecule is Cc1ccc(NC2=NCC(CC(C)(C)C)S2)cc1N(C)C. The number of nitrogens with one attached hydrogen (secondary N) is 1. The largest absolute Gasteiger partial charge is 0.377 e. The van der Waals surface area contributed by atoms with E-state index in [-0.39, 0.29) is 0 Å². The van der Waals surface area contributed by atoms with Crippen molar-refractivity contribution in [3.8, 4) is 0 Å². The molecule has 1 atom stereocenters. The molecule has 0 saturated carbocycles. The van der Waals surface area contributed by atoms with Crippen molar-refractivity contribution in [1.29, 1.82) is 0 Å². The molecule has 1 aromatic carbocycles. The Morgan fingerprint density at radius 2 is 2.05 bits per heavy atom. The summed E-state index contributed by atoms with van der Waals surface area (Å²) in [5, 5.41) is 5.12. The van der Waals surface area contributed by atoms with Gasteiger partial charge < -0.3 is 10.2 Å². The number of hydrogen-bond donors (Lipinski definition) is 1. The Bertz CT molecular complexity index is 529. The van der Waals surface area contributed by atoms with Crippen LogP contribution in [0.2, 0.25) is 0 Å². The van der Waals surface area contributed by atoms with Crippen LogP contribution < -0.4 is 10.2 Å². The molecule has 0 aliphatic carbocycles. The van der Waals surface area contributed by atoms with E-state index in [9.17, 15) is 0 Å². The van der Waals surface area contributed by atoms with Crippen LogP contribution in [0.1, 0.15) is 32.8 Å². The lowest BCUT2D eigenvalue weighted by atomic mass is 9.90. The standard InChI is InChI=1S/C17H27N3S/c1-12-7-8-13(9-15(12)20(5)6)19-16-18-11-14(21-16)10-17(2,3)4/h7-9,14H,10-11H2,1-6H3,(H,18,19). The Morgan fingerprint density at radius 1 is 1.33 bits per heavy atom. The lowest BCUT2D eigenvalue weighted by molar-refractivity contribution is 0.375. The van der Waals surface area contributed by atoms with Crippen molar-refractivity contribution in [2.45, 2.75) is 39.4 Å². The van der Waals surface area contributed by atoms with E-state index in [1.54, 1.807) is 0 Å². The molecule has 3 nitrogen and oxygen atoms in total. The van der Waals surface area contributed by atoms with Crippen molar-refractivity contribution in [3.05, 3.63) is 23.8 Å². The molecule has 1 heterocycles. The Labute approximate surface area is 133 Å². The highest BCUT2D eigenvalue weighted by molar-refractivity contribution is 8.15. The fraction of sp³-hybridized carbons (Fsp3) is 0.588. The van der Waals surface area contributed by atoms with Crippen molar-refractivity contribution in [2.75, 3.05) is 30.9 Å². The third kappa shape index (κ3) is 4.67. The van der Waals surface area contributed by atoms with Gasteiger partial charge in [0.1, 0.15) is 0 Å². The highest BCUT2D eigenvalue weighted by Crippen LogP contribution is 2.33. The monoisotopic (exact) mass is 305 g/mol. The summed E-state index contributed by atoms with van der Waals surface area (Å²) in [6.45, 7) is 9.95. The van der Waals surface area contributed by atoms with E-state index in [2.05, 4.69) is 75.2 Å². The van der Waals surface area contributed by atoms with Gasteiger partial charge in [-0.05, 0) is 36.5 Å². The maximum absolute atomic E-state index is 4.65. The van der Waals surface area contributed by atoms with Gasteiger partial charge in [0.2, 0.25) is 0 Å². The first-order valence-corrected chi connectivity index (χ1v) is 8.39. The van der Waals surface area contributed by atoms with Gasteiger partial charge in [0.25, 0.3) is 0 Å². The number of nitrogens with zero attached hydrogens (tertiary/aromatic N) is 2. The molecule has 0 aromatic heterocycles. The second-order valence-electron chi connectivity index (χ2n) is 7.17. The van der Waals surface area contributed by atoms with Crippen molar-refractivity contribution in [2.24, 2.45) is 10.4 Å². The number of benzene rings is 1. The zero-order valence-electron chi connectivity index (χ0n) is 14.0. The molecule has 2 rings (SSSR count). The lowest BCUT2D eigenvalue weighted by Gasteiger charge is -2.21. The van der Waals surface area contributed by atoms with E-state index in [0.29, 0.717) is 10.7 Å². The molecule has 0 bridgehead atoms. The van der Waals surface area contributed by atoms with Crippen LogP contribution in [0.25, 0.3) is 0 Å². The van der Waals surface area contributed by atoms with E-state index in [1.165, 1.54) is 17.7 Å². The van der Waals surface area contributed by atoms with E-state index in [4.69, 9.17) is 0 Å². The first-order chi connectivity index (χ1) is 9.74. The Balaban J connectivity index is 1.99. The van der Waals surface area contributed by atoms with Gasteiger partial charge in [-0.3, -0.25) is 4.99 Å². The van der Waals surface area contributed by atoms with Crippen LogP contribution in [0, 0.1) is 12.3 Å². The summed E-state index contributed by atoms with van der Waals surface area (Å²) >= 11 is 1.88. The van der Waals surface area contributed by atoms with Crippen LogP contribution in [0.3, 0.4) is 0 Å². The van der Waals surface area contributed by atoms with Gasteiger partial charge in [0, 0.05) is 30.7 Å². The third-order valence-electron chi connectivity index (χ3n) is 3.50. The Kier molecular flexibility index (Phi) is 4.87. The molecule has 4 heteroatoms. The maximum atomic E-state index is 4.65. The molecule has 0 fully saturated rings. The van der Waals surface area contributed by atoms with Gasteiger partial charge in [-0.15, -0.1) is 0 Å². The zero-order chi connectivity index (χ0) is 15.6.